The maximum absolute atomic E-state index is 13.5. The van der Waals surface area contributed by atoms with Gasteiger partial charge in [-0.05, 0) is 43.9 Å². The fourth-order valence-corrected chi connectivity index (χ4v) is 2.02. The first-order valence-corrected chi connectivity index (χ1v) is 6.65. The average molecular weight is 267 g/mol. The molecule has 0 saturated heterocycles. The molecule has 0 spiro atoms. The van der Waals surface area contributed by atoms with E-state index in [9.17, 15) is 9.18 Å². The minimum Gasteiger partial charge on any atom is -0.465 e. The highest BCUT2D eigenvalue weighted by Crippen LogP contribution is 2.14. The zero-order valence-corrected chi connectivity index (χ0v) is 12.0. The predicted octanol–water partition coefficient (Wildman–Crippen LogP) is 2.87. The van der Waals surface area contributed by atoms with Crippen LogP contribution in [0, 0.1) is 19.7 Å². The highest BCUT2D eigenvalue weighted by Gasteiger charge is 2.16. The van der Waals surface area contributed by atoms with Gasteiger partial charge in [0, 0.05) is 6.54 Å². The van der Waals surface area contributed by atoms with Gasteiger partial charge >= 0.3 is 5.97 Å². The third-order valence-corrected chi connectivity index (χ3v) is 3.03. The summed E-state index contributed by atoms with van der Waals surface area (Å²) in [5.41, 5.74) is 2.22. The largest absolute Gasteiger partial charge is 0.465 e. The second-order valence-corrected chi connectivity index (χ2v) is 4.64. The number of carbonyl (C=O) groups excluding carboxylic acids is 1. The van der Waals surface area contributed by atoms with Crippen molar-refractivity contribution in [2.45, 2.75) is 46.7 Å². The standard InChI is InChI=1S/C15H22FNO2/c1-5-13(15(18)19-6-2)17-9-12-7-10(3)14(16)11(4)8-12/h7-8,13,17H,5-6,9H2,1-4H3. The number of esters is 1. The molecule has 0 bridgehead atoms. The first-order valence-electron chi connectivity index (χ1n) is 6.65. The molecular formula is C15H22FNO2. The third-order valence-electron chi connectivity index (χ3n) is 3.03. The van der Waals surface area contributed by atoms with Crippen molar-refractivity contribution < 1.29 is 13.9 Å². The molecule has 19 heavy (non-hydrogen) atoms. The summed E-state index contributed by atoms with van der Waals surface area (Å²) in [5, 5.41) is 3.15. The minimum absolute atomic E-state index is 0.166. The van der Waals surface area contributed by atoms with E-state index in [1.807, 2.05) is 6.92 Å². The van der Waals surface area contributed by atoms with Crippen LogP contribution in [0.3, 0.4) is 0 Å². The number of aryl methyl sites for hydroxylation is 2. The molecule has 0 amide bonds. The van der Waals surface area contributed by atoms with Gasteiger partial charge in [-0.3, -0.25) is 4.79 Å². The van der Waals surface area contributed by atoms with Crippen molar-refractivity contribution in [1.29, 1.82) is 0 Å². The minimum atomic E-state index is -0.314. The van der Waals surface area contributed by atoms with Crippen molar-refractivity contribution in [3.8, 4) is 0 Å². The quantitative estimate of drug-likeness (QED) is 0.805. The lowest BCUT2D eigenvalue weighted by Gasteiger charge is -2.16. The average Bonchev–Trinajstić information content (AvgIpc) is 2.37. The van der Waals surface area contributed by atoms with Crippen molar-refractivity contribution in [1.82, 2.24) is 5.32 Å². The molecule has 0 radical (unpaired) electrons. The Morgan fingerprint density at radius 3 is 2.37 bits per heavy atom. The van der Waals surface area contributed by atoms with Crippen LogP contribution in [0.5, 0.6) is 0 Å². The van der Waals surface area contributed by atoms with Crippen LogP contribution in [0.1, 0.15) is 37.0 Å². The number of halogens is 1. The second kappa shape index (κ2) is 7.24. The SMILES string of the molecule is CCOC(=O)C(CC)NCc1cc(C)c(F)c(C)c1. The van der Waals surface area contributed by atoms with Gasteiger partial charge in [-0.1, -0.05) is 19.1 Å². The summed E-state index contributed by atoms with van der Waals surface area (Å²) in [6.07, 6.45) is 0.665. The highest BCUT2D eigenvalue weighted by atomic mass is 19.1. The van der Waals surface area contributed by atoms with E-state index in [1.54, 1.807) is 32.9 Å². The van der Waals surface area contributed by atoms with Crippen LogP contribution in [0.2, 0.25) is 0 Å². The Balaban J connectivity index is 2.67. The van der Waals surface area contributed by atoms with Gasteiger partial charge in [-0.2, -0.15) is 0 Å². The molecule has 0 fully saturated rings. The summed E-state index contributed by atoms with van der Waals surface area (Å²) in [4.78, 5) is 11.6. The topological polar surface area (TPSA) is 38.3 Å². The molecule has 0 aliphatic heterocycles. The summed E-state index contributed by atoms with van der Waals surface area (Å²) in [5.74, 6) is -0.401. The van der Waals surface area contributed by atoms with Gasteiger partial charge in [0.2, 0.25) is 0 Å². The van der Waals surface area contributed by atoms with Crippen molar-refractivity contribution in [3.05, 3.63) is 34.6 Å². The molecule has 1 N–H and O–H groups in total. The lowest BCUT2D eigenvalue weighted by molar-refractivity contribution is -0.145. The first-order chi connectivity index (χ1) is 8.99. The summed E-state index contributed by atoms with van der Waals surface area (Å²) in [6.45, 7) is 8.11. The van der Waals surface area contributed by atoms with Gasteiger partial charge in [0.1, 0.15) is 11.9 Å². The lowest BCUT2D eigenvalue weighted by Crippen LogP contribution is -2.37. The summed E-state index contributed by atoms with van der Waals surface area (Å²) < 4.78 is 18.5. The summed E-state index contributed by atoms with van der Waals surface area (Å²) in [7, 11) is 0. The summed E-state index contributed by atoms with van der Waals surface area (Å²) in [6, 6.07) is 3.28. The summed E-state index contributed by atoms with van der Waals surface area (Å²) >= 11 is 0. The second-order valence-electron chi connectivity index (χ2n) is 4.64. The Kier molecular flexibility index (Phi) is 5.96. The Bertz CT molecular complexity index is 423. The van der Waals surface area contributed by atoms with Crippen LogP contribution in [0.15, 0.2) is 12.1 Å². The van der Waals surface area contributed by atoms with E-state index in [1.165, 1.54) is 0 Å². The van der Waals surface area contributed by atoms with Crippen LogP contribution >= 0.6 is 0 Å². The Labute approximate surface area is 114 Å². The van der Waals surface area contributed by atoms with E-state index in [4.69, 9.17) is 4.74 Å². The maximum Gasteiger partial charge on any atom is 0.323 e. The number of benzene rings is 1. The molecule has 106 valence electrons. The highest BCUT2D eigenvalue weighted by molar-refractivity contribution is 5.75. The van der Waals surface area contributed by atoms with Crippen molar-refractivity contribution in [2.24, 2.45) is 0 Å². The number of nitrogens with one attached hydrogen (secondary N) is 1. The molecule has 1 unspecified atom stereocenters. The number of ether oxygens (including phenoxy) is 1. The van der Waals surface area contributed by atoms with Gasteiger partial charge in [0.15, 0.2) is 0 Å². The number of hydrogen-bond donors (Lipinski definition) is 1. The van der Waals surface area contributed by atoms with Crippen molar-refractivity contribution >= 4 is 5.97 Å². The van der Waals surface area contributed by atoms with Crippen LogP contribution in [0.4, 0.5) is 4.39 Å². The lowest BCUT2D eigenvalue weighted by atomic mass is 10.1. The molecule has 1 aromatic rings. The fourth-order valence-electron chi connectivity index (χ4n) is 2.02. The Morgan fingerprint density at radius 1 is 1.32 bits per heavy atom. The molecule has 0 aliphatic rings. The maximum atomic E-state index is 13.5. The Hall–Kier alpha value is -1.42. The normalized spacial score (nSPS) is 12.3. The zero-order chi connectivity index (χ0) is 14.4. The van der Waals surface area contributed by atoms with E-state index < -0.39 is 0 Å². The molecule has 0 aromatic heterocycles. The van der Waals surface area contributed by atoms with E-state index in [0.29, 0.717) is 30.7 Å². The van der Waals surface area contributed by atoms with Gasteiger partial charge in [-0.15, -0.1) is 0 Å². The Morgan fingerprint density at radius 2 is 1.89 bits per heavy atom. The van der Waals surface area contributed by atoms with Gasteiger partial charge in [0.25, 0.3) is 0 Å². The third kappa shape index (κ3) is 4.31. The number of rotatable bonds is 6. The number of carbonyl (C=O) groups is 1. The van der Waals surface area contributed by atoms with Crippen LogP contribution in [-0.2, 0) is 16.1 Å². The van der Waals surface area contributed by atoms with Crippen LogP contribution in [-0.4, -0.2) is 18.6 Å². The van der Waals surface area contributed by atoms with E-state index in [0.717, 1.165) is 5.56 Å². The molecule has 4 heteroatoms. The van der Waals surface area contributed by atoms with Crippen molar-refractivity contribution in [2.75, 3.05) is 6.61 Å². The molecule has 0 heterocycles. The molecule has 3 nitrogen and oxygen atoms in total. The molecular weight excluding hydrogens is 245 g/mol. The van der Waals surface area contributed by atoms with Gasteiger partial charge in [-0.25, -0.2) is 4.39 Å². The van der Waals surface area contributed by atoms with Crippen LogP contribution in [0.25, 0.3) is 0 Å². The number of hydrogen-bond acceptors (Lipinski definition) is 3. The monoisotopic (exact) mass is 267 g/mol. The van der Waals surface area contributed by atoms with Gasteiger partial charge < -0.3 is 10.1 Å². The van der Waals surface area contributed by atoms with Crippen molar-refractivity contribution in [3.63, 3.8) is 0 Å². The molecule has 0 saturated carbocycles. The van der Waals surface area contributed by atoms with E-state index in [2.05, 4.69) is 5.32 Å². The van der Waals surface area contributed by atoms with Crippen LogP contribution < -0.4 is 5.32 Å². The molecule has 1 atom stereocenters. The fraction of sp³-hybridized carbons (Fsp3) is 0.533. The zero-order valence-electron chi connectivity index (χ0n) is 12.0. The molecule has 0 aliphatic carbocycles. The smallest absolute Gasteiger partial charge is 0.323 e. The molecule has 1 rings (SSSR count). The molecule has 1 aromatic carbocycles. The van der Waals surface area contributed by atoms with Gasteiger partial charge in [0.05, 0.1) is 6.61 Å². The van der Waals surface area contributed by atoms with E-state index in [-0.39, 0.29) is 17.8 Å². The predicted molar refractivity (Wildman–Crippen MR) is 73.4 cm³/mol. The van der Waals surface area contributed by atoms with E-state index >= 15 is 0 Å². The first kappa shape index (κ1) is 15.6.